The molecule has 4 unspecified atom stereocenters. The van der Waals surface area contributed by atoms with E-state index in [1.165, 1.54) is 41.9 Å². The molecular formula is C28H32N2O. The number of benzene rings is 3. The summed E-state index contributed by atoms with van der Waals surface area (Å²) in [5, 5.41) is 0. The van der Waals surface area contributed by atoms with Crippen LogP contribution >= 0.6 is 0 Å². The van der Waals surface area contributed by atoms with Crippen LogP contribution in [0.4, 0.5) is 5.69 Å². The minimum atomic E-state index is 0.343. The number of hydrogen-bond donors (Lipinski definition) is 0. The number of likely N-dealkylation sites (N-methyl/N-ethyl adjacent to an activating group) is 1. The Morgan fingerprint density at radius 1 is 0.935 bits per heavy atom. The zero-order chi connectivity index (χ0) is 21.4. The van der Waals surface area contributed by atoms with Gasteiger partial charge in [-0.25, -0.2) is 0 Å². The number of rotatable bonds is 6. The molecule has 0 aliphatic carbocycles. The number of nitrogens with zero attached hydrogens (tertiary/aromatic N) is 2. The quantitative estimate of drug-likeness (QED) is 0.543. The molecular weight excluding hydrogens is 380 g/mol. The van der Waals surface area contributed by atoms with E-state index in [1.54, 1.807) is 7.11 Å². The molecule has 0 amide bonds. The van der Waals surface area contributed by atoms with E-state index in [4.69, 9.17) is 4.74 Å². The topological polar surface area (TPSA) is 15.7 Å². The highest BCUT2D eigenvalue weighted by Gasteiger charge is 2.51. The summed E-state index contributed by atoms with van der Waals surface area (Å²) in [7, 11) is 4.05. The van der Waals surface area contributed by atoms with Crippen LogP contribution in [-0.4, -0.2) is 44.2 Å². The van der Waals surface area contributed by atoms with Crippen molar-refractivity contribution in [3.8, 4) is 5.75 Å². The Kier molecular flexibility index (Phi) is 5.45. The molecule has 2 bridgehead atoms. The minimum absolute atomic E-state index is 0.343. The van der Waals surface area contributed by atoms with Gasteiger partial charge in [-0.05, 0) is 54.6 Å². The van der Waals surface area contributed by atoms with Crippen LogP contribution in [0.1, 0.15) is 29.0 Å². The fourth-order valence-corrected chi connectivity index (χ4v) is 5.96. The van der Waals surface area contributed by atoms with Crippen molar-refractivity contribution in [3.63, 3.8) is 0 Å². The number of aryl methyl sites for hydroxylation is 1. The summed E-state index contributed by atoms with van der Waals surface area (Å²) in [6, 6.07) is 29.5. The van der Waals surface area contributed by atoms with Crippen molar-refractivity contribution in [2.24, 2.45) is 5.92 Å². The van der Waals surface area contributed by atoms with Crippen LogP contribution in [0.2, 0.25) is 0 Å². The molecule has 0 aromatic heterocycles. The summed E-state index contributed by atoms with van der Waals surface area (Å²) in [6.07, 6.45) is 1.27. The van der Waals surface area contributed by atoms with Crippen molar-refractivity contribution in [1.82, 2.24) is 4.90 Å². The Bertz CT molecular complexity index is 980. The molecule has 0 radical (unpaired) electrons. The second-order valence-corrected chi connectivity index (χ2v) is 9.11. The van der Waals surface area contributed by atoms with Gasteiger partial charge in [0.2, 0.25) is 0 Å². The Morgan fingerprint density at radius 3 is 2.19 bits per heavy atom. The number of piperidine rings is 1. The van der Waals surface area contributed by atoms with Crippen LogP contribution in [0, 0.1) is 12.8 Å². The van der Waals surface area contributed by atoms with Gasteiger partial charge in [0.1, 0.15) is 5.75 Å². The van der Waals surface area contributed by atoms with E-state index in [1.807, 2.05) is 0 Å². The van der Waals surface area contributed by atoms with E-state index >= 15 is 0 Å². The van der Waals surface area contributed by atoms with Crippen molar-refractivity contribution in [2.45, 2.75) is 31.3 Å². The maximum Gasteiger partial charge on any atom is 0.142 e. The van der Waals surface area contributed by atoms with Crippen LogP contribution in [0.15, 0.2) is 78.9 Å². The number of hydrogen-bond acceptors (Lipinski definition) is 3. The second kappa shape index (κ2) is 8.39. The molecule has 3 aromatic rings. The van der Waals surface area contributed by atoms with Gasteiger partial charge in [0, 0.05) is 31.6 Å². The lowest BCUT2D eigenvalue weighted by Crippen LogP contribution is -2.52. The Labute approximate surface area is 186 Å². The van der Waals surface area contributed by atoms with Gasteiger partial charge >= 0.3 is 0 Å². The zero-order valence-electron chi connectivity index (χ0n) is 18.7. The second-order valence-electron chi connectivity index (χ2n) is 9.11. The Morgan fingerprint density at radius 2 is 1.58 bits per heavy atom. The molecule has 0 N–H and O–H groups in total. The van der Waals surface area contributed by atoms with Gasteiger partial charge in [-0.2, -0.15) is 0 Å². The molecule has 3 nitrogen and oxygen atoms in total. The SMILES string of the molecule is COc1ccc(C)cc1N(C)C1C2CCN(C2)C1C(c1ccccc1)c1ccccc1. The first-order valence-electron chi connectivity index (χ1n) is 11.4. The zero-order valence-corrected chi connectivity index (χ0v) is 18.7. The summed E-state index contributed by atoms with van der Waals surface area (Å²) in [6.45, 7) is 4.54. The predicted molar refractivity (Wildman–Crippen MR) is 128 cm³/mol. The average Bonchev–Trinajstić information content (AvgIpc) is 3.42. The summed E-state index contributed by atoms with van der Waals surface area (Å²) in [5.41, 5.74) is 5.28. The fourth-order valence-electron chi connectivity index (χ4n) is 5.96. The van der Waals surface area contributed by atoms with Crippen molar-refractivity contribution in [3.05, 3.63) is 95.6 Å². The molecule has 2 heterocycles. The van der Waals surface area contributed by atoms with Crippen molar-refractivity contribution < 1.29 is 4.74 Å². The molecule has 4 atom stereocenters. The van der Waals surface area contributed by atoms with Gasteiger partial charge in [0.05, 0.1) is 12.8 Å². The van der Waals surface area contributed by atoms with E-state index in [0.717, 1.165) is 5.75 Å². The standard InChI is InChI=1S/C28H32N2O/c1-20-14-15-25(31-3)24(18-20)29(2)27-23-16-17-30(19-23)28(27)26(21-10-6-4-7-11-21)22-12-8-5-9-13-22/h4-15,18,23,26-28H,16-17,19H2,1-3H3. The molecule has 2 saturated heterocycles. The molecule has 5 rings (SSSR count). The summed E-state index contributed by atoms with van der Waals surface area (Å²) < 4.78 is 5.77. The summed E-state index contributed by atoms with van der Waals surface area (Å²) in [5.74, 6) is 1.98. The maximum absolute atomic E-state index is 5.77. The first-order valence-corrected chi connectivity index (χ1v) is 11.4. The number of ether oxygens (including phenoxy) is 1. The van der Waals surface area contributed by atoms with Gasteiger partial charge in [0.15, 0.2) is 0 Å². The van der Waals surface area contributed by atoms with E-state index in [9.17, 15) is 0 Å². The molecule has 3 heteroatoms. The van der Waals surface area contributed by atoms with E-state index in [2.05, 4.69) is 103 Å². The van der Waals surface area contributed by atoms with Crippen LogP contribution in [0.3, 0.4) is 0 Å². The van der Waals surface area contributed by atoms with Crippen molar-refractivity contribution >= 4 is 5.69 Å². The molecule has 160 valence electrons. The Hall–Kier alpha value is -2.78. The predicted octanol–water partition coefficient (Wildman–Crippen LogP) is 5.34. The normalized spacial score (nSPS) is 24.5. The smallest absolute Gasteiger partial charge is 0.142 e. The highest BCUT2D eigenvalue weighted by Crippen LogP contribution is 2.46. The van der Waals surface area contributed by atoms with Crippen LogP contribution in [-0.2, 0) is 0 Å². The van der Waals surface area contributed by atoms with Crippen molar-refractivity contribution in [1.29, 1.82) is 0 Å². The van der Waals surface area contributed by atoms with E-state index in [-0.39, 0.29) is 0 Å². The van der Waals surface area contributed by atoms with E-state index in [0.29, 0.717) is 23.9 Å². The number of fused-ring (bicyclic) bond motifs is 2. The summed E-state index contributed by atoms with van der Waals surface area (Å²) in [4.78, 5) is 5.25. The molecule has 0 spiro atoms. The minimum Gasteiger partial charge on any atom is -0.495 e. The first-order chi connectivity index (χ1) is 15.2. The number of anilines is 1. The molecule has 2 aliphatic rings. The third kappa shape index (κ3) is 3.61. The van der Waals surface area contributed by atoms with Gasteiger partial charge in [-0.1, -0.05) is 66.7 Å². The molecule has 2 fully saturated rings. The van der Waals surface area contributed by atoms with Gasteiger partial charge < -0.3 is 9.64 Å². The Balaban J connectivity index is 1.60. The highest BCUT2D eigenvalue weighted by atomic mass is 16.5. The third-order valence-electron chi connectivity index (χ3n) is 7.33. The fraction of sp³-hybridized carbons (Fsp3) is 0.357. The third-order valence-corrected chi connectivity index (χ3v) is 7.33. The molecule has 0 saturated carbocycles. The first kappa shape index (κ1) is 20.1. The lowest BCUT2D eigenvalue weighted by molar-refractivity contribution is 0.216. The molecule has 2 aliphatic heterocycles. The van der Waals surface area contributed by atoms with Gasteiger partial charge in [-0.3, -0.25) is 4.90 Å². The lowest BCUT2D eigenvalue weighted by Gasteiger charge is -2.43. The molecule has 31 heavy (non-hydrogen) atoms. The lowest BCUT2D eigenvalue weighted by atomic mass is 9.78. The van der Waals surface area contributed by atoms with E-state index < -0.39 is 0 Å². The summed E-state index contributed by atoms with van der Waals surface area (Å²) >= 11 is 0. The van der Waals surface area contributed by atoms with Gasteiger partial charge in [0.25, 0.3) is 0 Å². The van der Waals surface area contributed by atoms with Crippen molar-refractivity contribution in [2.75, 3.05) is 32.1 Å². The number of methoxy groups -OCH3 is 1. The molecule has 3 aromatic carbocycles. The highest BCUT2D eigenvalue weighted by molar-refractivity contribution is 5.61. The largest absolute Gasteiger partial charge is 0.495 e. The van der Waals surface area contributed by atoms with Gasteiger partial charge in [-0.15, -0.1) is 0 Å². The maximum atomic E-state index is 5.77. The van der Waals surface area contributed by atoms with Crippen LogP contribution in [0.25, 0.3) is 0 Å². The van der Waals surface area contributed by atoms with Crippen LogP contribution < -0.4 is 9.64 Å². The van der Waals surface area contributed by atoms with Crippen LogP contribution in [0.5, 0.6) is 5.75 Å². The average molecular weight is 413 g/mol. The monoisotopic (exact) mass is 412 g/mol.